The van der Waals surface area contributed by atoms with Gasteiger partial charge in [-0.25, -0.2) is 4.98 Å². The van der Waals surface area contributed by atoms with Crippen molar-refractivity contribution >= 4 is 22.8 Å². The van der Waals surface area contributed by atoms with Gasteiger partial charge in [-0.3, -0.25) is 9.59 Å². The van der Waals surface area contributed by atoms with Crippen molar-refractivity contribution in [1.29, 1.82) is 0 Å². The first kappa shape index (κ1) is 21.7. The standard InChI is InChI=1S/C27H32N4O2/c32-25-18-22(19-30(25)17-14-21-10-4-3-5-11-21)27-28-23-12-6-7-13-24(23)31(27)20-26(33)29-15-8-1-2-9-16-29/h3-7,10-13,22H,1-2,8-9,14-20H2. The summed E-state index contributed by atoms with van der Waals surface area (Å²) in [4.78, 5) is 34.9. The second kappa shape index (κ2) is 9.77. The van der Waals surface area contributed by atoms with Crippen LogP contribution in [0.1, 0.15) is 49.4 Å². The number of benzene rings is 2. The maximum absolute atomic E-state index is 13.2. The fraction of sp³-hybridized carbons (Fsp3) is 0.444. The number of rotatable bonds is 6. The van der Waals surface area contributed by atoms with Crippen LogP contribution in [0.3, 0.4) is 0 Å². The smallest absolute Gasteiger partial charge is 0.242 e. The molecule has 5 rings (SSSR count). The summed E-state index contributed by atoms with van der Waals surface area (Å²) >= 11 is 0. The molecular formula is C27H32N4O2. The number of carbonyl (C=O) groups is 2. The van der Waals surface area contributed by atoms with Gasteiger partial charge in [0.2, 0.25) is 11.8 Å². The molecule has 33 heavy (non-hydrogen) atoms. The van der Waals surface area contributed by atoms with Crippen LogP contribution in [0.25, 0.3) is 11.0 Å². The van der Waals surface area contributed by atoms with E-state index in [1.807, 2.05) is 52.3 Å². The molecule has 172 valence electrons. The summed E-state index contributed by atoms with van der Waals surface area (Å²) in [6.45, 7) is 3.36. The molecule has 1 atom stereocenters. The van der Waals surface area contributed by atoms with Crippen molar-refractivity contribution in [3.63, 3.8) is 0 Å². The highest BCUT2D eigenvalue weighted by Gasteiger charge is 2.34. The van der Waals surface area contributed by atoms with Crippen molar-refractivity contribution < 1.29 is 9.59 Å². The quantitative estimate of drug-likeness (QED) is 0.578. The minimum absolute atomic E-state index is 0.0117. The summed E-state index contributed by atoms with van der Waals surface area (Å²) in [5, 5.41) is 0. The van der Waals surface area contributed by atoms with E-state index in [9.17, 15) is 9.59 Å². The van der Waals surface area contributed by atoms with E-state index >= 15 is 0 Å². The van der Waals surface area contributed by atoms with Gasteiger partial charge in [0.05, 0.1) is 11.0 Å². The number of carbonyl (C=O) groups excluding carboxylic acids is 2. The summed E-state index contributed by atoms with van der Waals surface area (Å²) in [5.41, 5.74) is 3.11. The van der Waals surface area contributed by atoms with Gasteiger partial charge in [0.1, 0.15) is 12.4 Å². The van der Waals surface area contributed by atoms with Crippen molar-refractivity contribution in [3.05, 3.63) is 66.0 Å². The Labute approximate surface area is 195 Å². The van der Waals surface area contributed by atoms with Crippen molar-refractivity contribution in [1.82, 2.24) is 19.4 Å². The molecule has 0 aliphatic carbocycles. The van der Waals surface area contributed by atoms with Crippen molar-refractivity contribution in [2.45, 2.75) is 51.0 Å². The highest BCUT2D eigenvalue weighted by atomic mass is 16.2. The lowest BCUT2D eigenvalue weighted by molar-refractivity contribution is -0.131. The van der Waals surface area contributed by atoms with Gasteiger partial charge in [-0.15, -0.1) is 0 Å². The first-order valence-electron chi connectivity index (χ1n) is 12.2. The van der Waals surface area contributed by atoms with Crippen LogP contribution < -0.4 is 0 Å². The molecule has 6 heteroatoms. The predicted octanol–water partition coefficient (Wildman–Crippen LogP) is 4.00. The number of likely N-dealkylation sites (tertiary alicyclic amines) is 2. The molecule has 0 N–H and O–H groups in total. The molecule has 1 aromatic heterocycles. The van der Waals surface area contributed by atoms with Crippen molar-refractivity contribution in [3.8, 4) is 0 Å². The van der Waals surface area contributed by atoms with Crippen LogP contribution in [0, 0.1) is 0 Å². The Morgan fingerprint density at radius 3 is 2.45 bits per heavy atom. The maximum atomic E-state index is 13.2. The van der Waals surface area contributed by atoms with E-state index in [1.165, 1.54) is 18.4 Å². The summed E-state index contributed by atoms with van der Waals surface area (Å²) < 4.78 is 2.07. The third-order valence-electron chi connectivity index (χ3n) is 7.03. The molecule has 6 nitrogen and oxygen atoms in total. The molecule has 0 spiro atoms. The molecule has 0 radical (unpaired) electrons. The van der Waals surface area contributed by atoms with E-state index in [0.717, 1.165) is 49.2 Å². The third-order valence-corrected chi connectivity index (χ3v) is 7.03. The largest absolute Gasteiger partial charge is 0.342 e. The van der Waals surface area contributed by atoms with Crippen LogP contribution in [0.15, 0.2) is 54.6 Å². The minimum atomic E-state index is 0.0117. The van der Waals surface area contributed by atoms with Gasteiger partial charge >= 0.3 is 0 Å². The summed E-state index contributed by atoms with van der Waals surface area (Å²) in [5.74, 6) is 1.22. The summed E-state index contributed by atoms with van der Waals surface area (Å²) in [6.07, 6.45) is 5.87. The van der Waals surface area contributed by atoms with Crippen LogP contribution in [0.2, 0.25) is 0 Å². The maximum Gasteiger partial charge on any atom is 0.242 e. The number of imidazole rings is 1. The fourth-order valence-corrected chi connectivity index (χ4v) is 5.20. The molecule has 0 saturated carbocycles. The zero-order chi connectivity index (χ0) is 22.6. The van der Waals surface area contributed by atoms with E-state index in [1.54, 1.807) is 0 Å². The van der Waals surface area contributed by atoms with E-state index in [4.69, 9.17) is 4.98 Å². The van der Waals surface area contributed by atoms with Crippen molar-refractivity contribution in [2.24, 2.45) is 0 Å². The molecule has 2 aromatic carbocycles. The first-order valence-corrected chi connectivity index (χ1v) is 12.2. The van der Waals surface area contributed by atoms with E-state index in [0.29, 0.717) is 26.1 Å². The normalized spacial score (nSPS) is 19.3. The van der Waals surface area contributed by atoms with E-state index in [2.05, 4.69) is 16.7 Å². The number of hydrogen-bond donors (Lipinski definition) is 0. The lowest BCUT2D eigenvalue weighted by Gasteiger charge is -2.22. The first-order chi connectivity index (χ1) is 16.2. The molecule has 2 fully saturated rings. The molecular weight excluding hydrogens is 412 g/mol. The number of para-hydroxylation sites is 2. The Morgan fingerprint density at radius 2 is 1.67 bits per heavy atom. The van der Waals surface area contributed by atoms with Gasteiger partial charge < -0.3 is 14.4 Å². The Morgan fingerprint density at radius 1 is 0.939 bits per heavy atom. The molecule has 1 unspecified atom stereocenters. The molecule has 3 heterocycles. The topological polar surface area (TPSA) is 58.4 Å². The average Bonchev–Trinajstić information content (AvgIpc) is 3.25. The molecule has 2 aliphatic rings. The lowest BCUT2D eigenvalue weighted by Crippen LogP contribution is -2.35. The SMILES string of the molecule is O=C(Cn1c(C2CC(=O)N(CCc3ccccc3)C2)nc2ccccc21)N1CCCCCC1. The number of aromatic nitrogens is 2. The Balaban J connectivity index is 1.35. The van der Waals surface area contributed by atoms with Crippen LogP contribution in [0.5, 0.6) is 0 Å². The predicted molar refractivity (Wildman–Crippen MR) is 129 cm³/mol. The Hall–Kier alpha value is -3.15. The van der Waals surface area contributed by atoms with E-state index in [-0.39, 0.29) is 17.7 Å². The summed E-state index contributed by atoms with van der Waals surface area (Å²) in [7, 11) is 0. The second-order valence-electron chi connectivity index (χ2n) is 9.32. The van der Waals surface area contributed by atoms with Gasteiger partial charge in [0, 0.05) is 38.5 Å². The highest BCUT2D eigenvalue weighted by molar-refractivity contribution is 5.83. The van der Waals surface area contributed by atoms with Gasteiger partial charge in [-0.1, -0.05) is 55.3 Å². The minimum Gasteiger partial charge on any atom is -0.342 e. The second-order valence-corrected chi connectivity index (χ2v) is 9.32. The number of hydrogen-bond acceptors (Lipinski definition) is 3. The zero-order valence-corrected chi connectivity index (χ0v) is 19.2. The molecule has 2 amide bonds. The Kier molecular flexibility index (Phi) is 6.42. The molecule has 0 bridgehead atoms. The lowest BCUT2D eigenvalue weighted by atomic mass is 10.1. The molecule has 2 saturated heterocycles. The van der Waals surface area contributed by atoms with Gasteiger partial charge in [0.25, 0.3) is 0 Å². The van der Waals surface area contributed by atoms with Gasteiger partial charge in [-0.2, -0.15) is 0 Å². The third kappa shape index (κ3) is 4.80. The Bertz CT molecular complexity index is 1120. The zero-order valence-electron chi connectivity index (χ0n) is 19.2. The average molecular weight is 445 g/mol. The van der Waals surface area contributed by atoms with Crippen LogP contribution >= 0.6 is 0 Å². The van der Waals surface area contributed by atoms with Gasteiger partial charge in [-0.05, 0) is 37.0 Å². The monoisotopic (exact) mass is 444 g/mol. The summed E-state index contributed by atoms with van der Waals surface area (Å²) in [6, 6.07) is 18.3. The number of amides is 2. The van der Waals surface area contributed by atoms with Gasteiger partial charge in [0.15, 0.2) is 0 Å². The van der Waals surface area contributed by atoms with Crippen molar-refractivity contribution in [2.75, 3.05) is 26.2 Å². The number of fused-ring (bicyclic) bond motifs is 1. The molecule has 2 aliphatic heterocycles. The van der Waals surface area contributed by atoms with Crippen LogP contribution in [-0.4, -0.2) is 57.3 Å². The molecule has 3 aromatic rings. The van der Waals surface area contributed by atoms with Crippen LogP contribution in [0.4, 0.5) is 0 Å². The number of nitrogens with zero attached hydrogens (tertiary/aromatic N) is 4. The highest BCUT2D eigenvalue weighted by Crippen LogP contribution is 2.30. The van der Waals surface area contributed by atoms with Crippen LogP contribution in [-0.2, 0) is 22.6 Å². The fourth-order valence-electron chi connectivity index (χ4n) is 5.20. The van der Waals surface area contributed by atoms with E-state index < -0.39 is 0 Å².